The van der Waals surface area contributed by atoms with Crippen molar-refractivity contribution in [2.75, 3.05) is 0 Å². The Morgan fingerprint density at radius 2 is 1.68 bits per heavy atom. The molecule has 0 N–H and O–H groups in total. The Hall–Kier alpha value is -2.34. The fourth-order valence-corrected chi connectivity index (χ4v) is 4.04. The minimum atomic E-state index is -2.96. The smallest absolute Gasteiger partial charge is 0.338 e. The first kappa shape index (κ1) is 22.0. The van der Waals surface area contributed by atoms with Gasteiger partial charge >= 0.3 is 5.97 Å². The molecule has 2 aromatic carbocycles. The molecule has 0 aliphatic rings. The number of rotatable bonds is 8. The van der Waals surface area contributed by atoms with Gasteiger partial charge in [-0.15, -0.1) is 0 Å². The fourth-order valence-electron chi connectivity index (χ4n) is 2.60. The van der Waals surface area contributed by atoms with Gasteiger partial charge in [0, 0.05) is 4.90 Å². The van der Waals surface area contributed by atoms with Crippen LogP contribution in [0, 0.1) is 6.92 Å². The minimum absolute atomic E-state index is 0.111. The molecule has 0 radical (unpaired) electrons. The molecule has 0 aliphatic carbocycles. The van der Waals surface area contributed by atoms with Crippen molar-refractivity contribution >= 4 is 16.8 Å². The van der Waals surface area contributed by atoms with Gasteiger partial charge in [0.05, 0.1) is 21.6 Å². The summed E-state index contributed by atoms with van der Waals surface area (Å²) in [7, 11) is -1.77. The number of carbonyl (C=O) groups is 1. The van der Waals surface area contributed by atoms with E-state index in [0.717, 1.165) is 11.1 Å². The molecule has 0 bridgehead atoms. The Kier molecular flexibility index (Phi) is 8.05. The van der Waals surface area contributed by atoms with Gasteiger partial charge in [-0.25, -0.2) is 13.6 Å². The Bertz CT molecular complexity index is 829. The number of alkyl halides is 2. The molecule has 2 aromatic rings. The van der Waals surface area contributed by atoms with E-state index in [-0.39, 0.29) is 12.0 Å². The molecule has 3 nitrogen and oxygen atoms in total. The van der Waals surface area contributed by atoms with Crippen LogP contribution in [0.5, 0.6) is 0 Å². The third kappa shape index (κ3) is 6.09. The number of allylic oxidation sites excluding steroid dienone is 2. The predicted octanol–water partition coefficient (Wildman–Crippen LogP) is 5.32. The lowest BCUT2D eigenvalue weighted by Gasteiger charge is -2.25. The third-order valence-electron chi connectivity index (χ3n) is 4.15. The Morgan fingerprint density at radius 3 is 2.21 bits per heavy atom. The summed E-state index contributed by atoms with van der Waals surface area (Å²) in [4.78, 5) is 12.8. The number of ether oxygens (including phenoxy) is 1. The van der Waals surface area contributed by atoms with Gasteiger partial charge in [0.15, 0.2) is 6.10 Å². The van der Waals surface area contributed by atoms with Crippen LogP contribution < -0.4 is 0 Å². The van der Waals surface area contributed by atoms with Crippen molar-refractivity contribution in [3.63, 3.8) is 0 Å². The highest BCUT2D eigenvalue weighted by molar-refractivity contribution is 7.85. The van der Waals surface area contributed by atoms with Gasteiger partial charge < -0.3 is 4.74 Å². The van der Waals surface area contributed by atoms with E-state index >= 15 is 0 Å². The first-order valence-electron chi connectivity index (χ1n) is 8.94. The zero-order valence-corrected chi connectivity index (χ0v) is 16.9. The zero-order chi connectivity index (χ0) is 20.7. The Morgan fingerprint density at radius 1 is 1.07 bits per heavy atom. The monoisotopic (exact) mass is 406 g/mol. The van der Waals surface area contributed by atoms with E-state index in [9.17, 15) is 17.8 Å². The van der Waals surface area contributed by atoms with Gasteiger partial charge in [-0.05, 0) is 51.5 Å². The van der Waals surface area contributed by atoms with Crippen molar-refractivity contribution in [3.8, 4) is 0 Å². The van der Waals surface area contributed by atoms with Crippen LogP contribution in [0.3, 0.4) is 0 Å². The van der Waals surface area contributed by atoms with Crippen molar-refractivity contribution in [2.45, 2.75) is 49.9 Å². The number of hydrogen-bond acceptors (Lipinski definition) is 3. The van der Waals surface area contributed by atoms with Crippen molar-refractivity contribution in [1.29, 1.82) is 0 Å². The average Bonchev–Trinajstić information content (AvgIpc) is 2.67. The molecular formula is C22H24F2O3S. The largest absolute Gasteiger partial charge is 0.451 e. The van der Waals surface area contributed by atoms with Crippen molar-refractivity contribution in [2.24, 2.45) is 0 Å². The van der Waals surface area contributed by atoms with E-state index in [2.05, 4.69) is 0 Å². The fraction of sp³-hybridized carbons (Fsp3) is 0.318. The predicted molar refractivity (Wildman–Crippen MR) is 107 cm³/mol. The summed E-state index contributed by atoms with van der Waals surface area (Å²) in [5.74, 6) is -0.853. The highest BCUT2D eigenvalue weighted by Gasteiger charge is 2.37. The molecule has 0 saturated heterocycles. The van der Waals surface area contributed by atoms with Gasteiger partial charge in [-0.3, -0.25) is 4.21 Å². The molecule has 0 fully saturated rings. The van der Waals surface area contributed by atoms with Gasteiger partial charge in [-0.1, -0.05) is 47.5 Å². The van der Waals surface area contributed by atoms with Crippen molar-refractivity contribution < 1.29 is 22.5 Å². The summed E-state index contributed by atoms with van der Waals surface area (Å²) in [5.41, 5.74) is 2.06. The van der Waals surface area contributed by atoms with Gasteiger partial charge in [-0.2, -0.15) is 0 Å². The molecule has 0 saturated carbocycles. The second-order valence-corrected chi connectivity index (χ2v) is 8.41. The Labute approximate surface area is 166 Å². The number of benzene rings is 2. The van der Waals surface area contributed by atoms with Gasteiger partial charge in [0.1, 0.15) is 0 Å². The lowest BCUT2D eigenvalue weighted by Crippen LogP contribution is -2.40. The number of halogens is 2. The zero-order valence-electron chi connectivity index (χ0n) is 16.1. The normalized spacial score (nSPS) is 14.2. The quantitative estimate of drug-likeness (QED) is 0.440. The first-order valence-corrected chi connectivity index (χ1v) is 10.2. The maximum Gasteiger partial charge on any atom is 0.338 e. The molecule has 0 unspecified atom stereocenters. The summed E-state index contributed by atoms with van der Waals surface area (Å²) >= 11 is 0. The molecule has 0 aliphatic heterocycles. The standard InChI is InChI=1S/C22H24F2O3S/c1-15(2)9-14-19(28(26)18-12-10-16(3)11-13-18)20(21(23)24)27-22(25)17-7-5-4-6-8-17/h4-13,19-21H,14H2,1-3H3/t19-,20+,28-/m0/s1. The first-order chi connectivity index (χ1) is 13.3. The van der Waals surface area contributed by atoms with Gasteiger partial charge in [0.2, 0.25) is 0 Å². The highest BCUT2D eigenvalue weighted by atomic mass is 32.2. The van der Waals surface area contributed by atoms with Gasteiger partial charge in [0.25, 0.3) is 6.43 Å². The van der Waals surface area contributed by atoms with Crippen LogP contribution in [0.1, 0.15) is 36.2 Å². The van der Waals surface area contributed by atoms with E-state index < -0.39 is 34.5 Å². The van der Waals surface area contributed by atoms with Crippen LogP contribution in [-0.2, 0) is 15.5 Å². The lowest BCUT2D eigenvalue weighted by molar-refractivity contribution is -0.0340. The number of hydrogen-bond donors (Lipinski definition) is 0. The second-order valence-electron chi connectivity index (χ2n) is 6.74. The van der Waals surface area contributed by atoms with E-state index in [1.165, 1.54) is 12.1 Å². The summed E-state index contributed by atoms with van der Waals surface area (Å²) in [6.07, 6.45) is -2.90. The summed E-state index contributed by atoms with van der Waals surface area (Å²) in [6, 6.07) is 14.8. The molecule has 0 amide bonds. The van der Waals surface area contributed by atoms with Crippen LogP contribution in [-0.4, -0.2) is 28.0 Å². The summed E-state index contributed by atoms with van der Waals surface area (Å²) in [5, 5.41) is -1.06. The minimum Gasteiger partial charge on any atom is -0.451 e. The number of carbonyl (C=O) groups excluding carboxylic acids is 1. The summed E-state index contributed by atoms with van der Waals surface area (Å²) < 4.78 is 46.0. The highest BCUT2D eigenvalue weighted by Crippen LogP contribution is 2.25. The maximum absolute atomic E-state index is 13.9. The lowest BCUT2D eigenvalue weighted by atomic mass is 10.1. The van der Waals surface area contributed by atoms with E-state index in [0.29, 0.717) is 4.90 Å². The molecule has 2 rings (SSSR count). The molecule has 0 aromatic heterocycles. The van der Waals surface area contributed by atoms with Crippen molar-refractivity contribution in [1.82, 2.24) is 0 Å². The number of esters is 1. The molecule has 150 valence electrons. The SMILES string of the molecule is CC(C)=CC[C@@H]([C@@H](OC(=O)c1ccccc1)C(F)F)[S@@](=O)c1ccc(C)cc1. The molecule has 0 heterocycles. The molecule has 0 spiro atoms. The number of aryl methyl sites for hydroxylation is 1. The van der Waals surface area contributed by atoms with Crippen LogP contribution in [0.25, 0.3) is 0 Å². The van der Waals surface area contributed by atoms with Crippen molar-refractivity contribution in [3.05, 3.63) is 77.4 Å². The van der Waals surface area contributed by atoms with Crippen LogP contribution in [0.4, 0.5) is 8.78 Å². The molecule has 6 heteroatoms. The maximum atomic E-state index is 13.9. The van der Waals surface area contributed by atoms with E-state index in [4.69, 9.17) is 4.74 Å². The molecular weight excluding hydrogens is 382 g/mol. The third-order valence-corrected chi connectivity index (χ3v) is 5.90. The van der Waals surface area contributed by atoms with E-state index in [1.807, 2.05) is 20.8 Å². The van der Waals surface area contributed by atoms with Crippen LogP contribution in [0.2, 0.25) is 0 Å². The van der Waals surface area contributed by atoms with E-state index in [1.54, 1.807) is 48.5 Å². The average molecular weight is 406 g/mol. The van der Waals surface area contributed by atoms with Crippen LogP contribution in [0.15, 0.2) is 71.1 Å². The molecule has 28 heavy (non-hydrogen) atoms. The van der Waals surface area contributed by atoms with Crippen LogP contribution >= 0.6 is 0 Å². The second kappa shape index (κ2) is 10.3. The molecule has 3 atom stereocenters. The topological polar surface area (TPSA) is 43.4 Å². The Balaban J connectivity index is 2.33. The summed E-state index contributed by atoms with van der Waals surface area (Å²) in [6.45, 7) is 5.55.